The quantitative estimate of drug-likeness (QED) is 0.766. The maximum absolute atomic E-state index is 13.6. The zero-order valence-electron chi connectivity index (χ0n) is 10.0. The molecular weight excluding hydrogens is 274 g/mol. The van der Waals surface area contributed by atoms with Crippen molar-refractivity contribution in [3.63, 3.8) is 0 Å². The first-order valence-corrected chi connectivity index (χ1v) is 6.84. The molecule has 96 valence electrons. The van der Waals surface area contributed by atoms with Gasteiger partial charge in [0.05, 0.1) is 21.9 Å². The van der Waals surface area contributed by atoms with Gasteiger partial charge in [-0.1, -0.05) is 18.5 Å². The second kappa shape index (κ2) is 4.10. The number of hydrogen-bond donors (Lipinski definition) is 0. The molecule has 2 aromatic rings. The van der Waals surface area contributed by atoms with Crippen LogP contribution in [0.25, 0.3) is 11.0 Å². The first kappa shape index (κ1) is 12.2. The number of hydrogen-bond acceptors (Lipinski definition) is 1. The van der Waals surface area contributed by atoms with Gasteiger partial charge in [0.25, 0.3) is 0 Å². The Balaban J connectivity index is 2.17. The molecular formula is C13H13Cl2FN2. The van der Waals surface area contributed by atoms with Crippen LogP contribution in [0.2, 0.25) is 5.02 Å². The highest BCUT2D eigenvalue weighted by Gasteiger charge is 2.38. The lowest BCUT2D eigenvalue weighted by Gasteiger charge is -2.12. The summed E-state index contributed by atoms with van der Waals surface area (Å²) in [5.74, 6) is 0.693. The fraction of sp³-hybridized carbons (Fsp3) is 0.462. The number of rotatable bonds is 3. The van der Waals surface area contributed by atoms with E-state index in [9.17, 15) is 4.39 Å². The monoisotopic (exact) mass is 286 g/mol. The van der Waals surface area contributed by atoms with Crippen molar-refractivity contribution in [2.45, 2.75) is 32.2 Å². The van der Waals surface area contributed by atoms with Crippen LogP contribution >= 0.6 is 23.2 Å². The van der Waals surface area contributed by atoms with Crippen molar-refractivity contribution in [1.29, 1.82) is 0 Å². The zero-order chi connectivity index (χ0) is 12.9. The summed E-state index contributed by atoms with van der Waals surface area (Å²) in [6.45, 7) is 3.07. The molecule has 0 spiro atoms. The average Bonchev–Trinajstić information content (AvgIpc) is 2.97. The van der Waals surface area contributed by atoms with E-state index in [2.05, 4.69) is 11.9 Å². The Morgan fingerprint density at radius 3 is 2.78 bits per heavy atom. The first-order valence-electron chi connectivity index (χ1n) is 5.92. The summed E-state index contributed by atoms with van der Waals surface area (Å²) < 4.78 is 15.6. The molecule has 0 saturated heterocycles. The van der Waals surface area contributed by atoms with Gasteiger partial charge in [-0.15, -0.1) is 11.6 Å². The van der Waals surface area contributed by atoms with Crippen molar-refractivity contribution in [1.82, 2.24) is 9.55 Å². The van der Waals surface area contributed by atoms with E-state index >= 15 is 0 Å². The number of alkyl halides is 1. The Kier molecular flexibility index (Phi) is 2.79. The van der Waals surface area contributed by atoms with Crippen LogP contribution in [0.3, 0.4) is 0 Å². The zero-order valence-corrected chi connectivity index (χ0v) is 11.5. The lowest BCUT2D eigenvalue weighted by molar-refractivity contribution is 0.464. The Morgan fingerprint density at radius 1 is 1.44 bits per heavy atom. The minimum Gasteiger partial charge on any atom is -0.326 e. The third kappa shape index (κ3) is 1.99. The van der Waals surface area contributed by atoms with E-state index in [4.69, 9.17) is 23.2 Å². The Bertz CT molecular complexity index is 617. The van der Waals surface area contributed by atoms with Crippen LogP contribution in [0.1, 0.15) is 25.6 Å². The van der Waals surface area contributed by atoms with E-state index in [1.54, 1.807) is 6.07 Å². The number of aromatic nitrogens is 2. The van der Waals surface area contributed by atoms with Crippen LogP contribution in [0.15, 0.2) is 12.1 Å². The molecule has 1 fully saturated rings. The number of nitrogens with zero attached hydrogens (tertiary/aromatic N) is 2. The summed E-state index contributed by atoms with van der Waals surface area (Å²) in [5.41, 5.74) is 1.80. The van der Waals surface area contributed by atoms with Crippen molar-refractivity contribution in [2.24, 2.45) is 5.41 Å². The van der Waals surface area contributed by atoms with E-state index in [0.29, 0.717) is 16.8 Å². The predicted molar refractivity (Wildman–Crippen MR) is 71.6 cm³/mol. The molecule has 0 amide bonds. The van der Waals surface area contributed by atoms with Crippen LogP contribution in [0.5, 0.6) is 0 Å². The lowest BCUT2D eigenvalue weighted by atomic mass is 10.1. The van der Waals surface area contributed by atoms with Crippen LogP contribution in [-0.4, -0.2) is 9.55 Å². The number of fused-ring (bicyclic) bond motifs is 1. The molecule has 0 unspecified atom stereocenters. The molecule has 2 nitrogen and oxygen atoms in total. The number of benzene rings is 1. The van der Waals surface area contributed by atoms with E-state index < -0.39 is 5.82 Å². The maximum atomic E-state index is 13.6. The van der Waals surface area contributed by atoms with Gasteiger partial charge < -0.3 is 4.57 Å². The minimum atomic E-state index is -0.410. The topological polar surface area (TPSA) is 17.8 Å². The summed E-state index contributed by atoms with van der Waals surface area (Å²) in [6, 6.07) is 3.01. The van der Waals surface area contributed by atoms with Crippen LogP contribution in [0.4, 0.5) is 4.39 Å². The molecule has 5 heteroatoms. The highest BCUT2D eigenvalue weighted by molar-refractivity contribution is 6.31. The van der Waals surface area contributed by atoms with Gasteiger partial charge in [0.15, 0.2) is 0 Å². The average molecular weight is 287 g/mol. The standard InChI is InChI=1S/C13H13Cl2FN2/c1-13(2-3-13)7-18-11-5-9(16)8(15)4-10(11)17-12(18)6-14/h4-5H,2-3,6-7H2,1H3. The highest BCUT2D eigenvalue weighted by atomic mass is 35.5. The van der Waals surface area contributed by atoms with Crippen molar-refractivity contribution >= 4 is 34.2 Å². The third-order valence-electron chi connectivity index (χ3n) is 3.63. The summed E-state index contributed by atoms with van der Waals surface area (Å²) in [4.78, 5) is 4.42. The van der Waals surface area contributed by atoms with Crippen LogP contribution in [0, 0.1) is 11.2 Å². The first-order chi connectivity index (χ1) is 8.52. The molecule has 0 atom stereocenters. The van der Waals surface area contributed by atoms with Crippen molar-refractivity contribution in [2.75, 3.05) is 0 Å². The van der Waals surface area contributed by atoms with E-state index in [1.807, 2.05) is 4.57 Å². The Labute approximate surface area is 115 Å². The van der Waals surface area contributed by atoms with Crippen molar-refractivity contribution in [3.05, 3.63) is 28.8 Å². The summed E-state index contributed by atoms with van der Waals surface area (Å²) in [6.07, 6.45) is 2.40. The summed E-state index contributed by atoms with van der Waals surface area (Å²) >= 11 is 11.7. The highest BCUT2D eigenvalue weighted by Crippen LogP contribution is 2.47. The van der Waals surface area contributed by atoms with E-state index in [1.165, 1.54) is 18.9 Å². The van der Waals surface area contributed by atoms with Gasteiger partial charge in [-0.3, -0.25) is 0 Å². The molecule has 1 aromatic heterocycles. The normalized spacial score (nSPS) is 17.3. The molecule has 18 heavy (non-hydrogen) atoms. The largest absolute Gasteiger partial charge is 0.326 e. The van der Waals surface area contributed by atoms with Gasteiger partial charge in [0.1, 0.15) is 11.6 Å². The summed E-state index contributed by atoms with van der Waals surface area (Å²) in [7, 11) is 0. The minimum absolute atomic E-state index is 0.103. The number of halogens is 3. The molecule has 1 saturated carbocycles. The fourth-order valence-electron chi connectivity index (χ4n) is 2.20. The molecule has 0 bridgehead atoms. The van der Waals surface area contributed by atoms with Gasteiger partial charge in [-0.05, 0) is 24.3 Å². The molecule has 1 heterocycles. The van der Waals surface area contributed by atoms with Gasteiger partial charge in [-0.2, -0.15) is 0 Å². The van der Waals surface area contributed by atoms with Crippen LogP contribution < -0.4 is 0 Å². The molecule has 1 aliphatic carbocycles. The van der Waals surface area contributed by atoms with Crippen molar-refractivity contribution in [3.8, 4) is 0 Å². The second-order valence-electron chi connectivity index (χ2n) is 5.31. The molecule has 0 N–H and O–H groups in total. The predicted octanol–water partition coefficient (Wildman–Crippen LogP) is 4.37. The van der Waals surface area contributed by atoms with E-state index in [-0.39, 0.29) is 5.02 Å². The Hall–Kier alpha value is -0.800. The van der Waals surface area contributed by atoms with E-state index in [0.717, 1.165) is 17.9 Å². The molecule has 1 aromatic carbocycles. The number of imidazole rings is 1. The van der Waals surface area contributed by atoms with Gasteiger partial charge in [0.2, 0.25) is 0 Å². The molecule has 3 rings (SSSR count). The third-order valence-corrected chi connectivity index (χ3v) is 4.16. The smallest absolute Gasteiger partial charge is 0.144 e. The fourth-order valence-corrected chi connectivity index (χ4v) is 2.56. The van der Waals surface area contributed by atoms with Gasteiger partial charge in [-0.25, -0.2) is 9.37 Å². The van der Waals surface area contributed by atoms with Crippen molar-refractivity contribution < 1.29 is 4.39 Å². The molecule has 1 aliphatic rings. The van der Waals surface area contributed by atoms with Crippen LogP contribution in [-0.2, 0) is 12.4 Å². The second-order valence-corrected chi connectivity index (χ2v) is 5.99. The SMILES string of the molecule is CC1(Cn2c(CCl)nc3cc(Cl)c(F)cc32)CC1. The maximum Gasteiger partial charge on any atom is 0.144 e. The summed E-state index contributed by atoms with van der Waals surface area (Å²) in [5, 5.41) is 0.103. The lowest BCUT2D eigenvalue weighted by Crippen LogP contribution is -2.10. The Morgan fingerprint density at radius 2 is 2.17 bits per heavy atom. The molecule has 0 aliphatic heterocycles. The molecule has 0 radical (unpaired) electrons. The van der Waals surface area contributed by atoms with Gasteiger partial charge >= 0.3 is 0 Å². The van der Waals surface area contributed by atoms with Gasteiger partial charge in [0, 0.05) is 12.6 Å².